The van der Waals surface area contributed by atoms with Crippen LogP contribution in [0.3, 0.4) is 0 Å². The Kier molecular flexibility index (Phi) is 12.4. The molecule has 0 aliphatic heterocycles. The first-order valence-electron chi connectivity index (χ1n) is 6.28. The Balaban J connectivity index is 2.88. The first-order chi connectivity index (χ1) is 7.41. The molecule has 0 amide bonds. The monoisotopic (exact) mass is 204 g/mol. The molecule has 0 atom stereocenters. The molecule has 0 aromatic heterocycles. The lowest BCUT2D eigenvalue weighted by atomic mass is 10.1. The maximum atomic E-state index is 5.18. The summed E-state index contributed by atoms with van der Waals surface area (Å²) in [6.07, 6.45) is 24.1. The van der Waals surface area contributed by atoms with Crippen molar-refractivity contribution < 1.29 is 0 Å². The van der Waals surface area contributed by atoms with Crippen molar-refractivity contribution in [3.63, 3.8) is 0 Å². The van der Waals surface area contributed by atoms with Gasteiger partial charge in [0.2, 0.25) is 0 Å². The van der Waals surface area contributed by atoms with Gasteiger partial charge < -0.3 is 0 Å². The lowest BCUT2D eigenvalue weighted by Gasteiger charge is -2.00. The molecule has 0 heteroatoms. The molecule has 0 unspecified atom stereocenters. The van der Waals surface area contributed by atoms with E-state index in [0.29, 0.717) is 0 Å². The fourth-order valence-electron chi connectivity index (χ4n) is 1.69. The van der Waals surface area contributed by atoms with E-state index in [9.17, 15) is 0 Å². The van der Waals surface area contributed by atoms with Gasteiger partial charge in [-0.05, 0) is 12.8 Å². The Labute approximate surface area is 95.8 Å². The van der Waals surface area contributed by atoms with Crippen LogP contribution in [0.5, 0.6) is 0 Å². The van der Waals surface area contributed by atoms with E-state index in [1.54, 1.807) is 0 Å². The third-order valence-corrected chi connectivity index (χ3v) is 2.64. The molecule has 0 fully saturated rings. The van der Waals surface area contributed by atoms with Crippen LogP contribution < -0.4 is 0 Å². The average Bonchev–Trinajstić information content (AvgIpc) is 2.26. The van der Waals surface area contributed by atoms with Gasteiger partial charge in [0.05, 0.1) is 0 Å². The van der Waals surface area contributed by atoms with Gasteiger partial charge >= 0.3 is 0 Å². The second-order valence-corrected chi connectivity index (χ2v) is 4.09. The Morgan fingerprint density at radius 1 is 0.467 bits per heavy atom. The van der Waals surface area contributed by atoms with Gasteiger partial charge in [-0.25, -0.2) is 0 Å². The highest BCUT2D eigenvalue weighted by atomic mass is 14.0. The predicted molar refractivity (Wildman–Crippen MR) is 68.5 cm³/mol. The van der Waals surface area contributed by atoms with E-state index in [0.717, 1.165) is 12.8 Å². The summed E-state index contributed by atoms with van der Waals surface area (Å²) < 4.78 is 0. The molecule has 0 aliphatic carbocycles. The number of rotatable bonds is 10. The van der Waals surface area contributed by atoms with Crippen LogP contribution in [0.25, 0.3) is 0 Å². The van der Waals surface area contributed by atoms with E-state index in [1.165, 1.54) is 57.8 Å². The lowest BCUT2D eigenvalue weighted by Crippen LogP contribution is -1.81. The molecule has 0 heterocycles. The zero-order valence-corrected chi connectivity index (χ0v) is 9.93. The maximum absolute atomic E-state index is 5.18. The van der Waals surface area contributed by atoms with Crippen molar-refractivity contribution >= 4 is 0 Å². The Morgan fingerprint density at radius 3 is 1.00 bits per heavy atom. The molecule has 0 aliphatic rings. The summed E-state index contributed by atoms with van der Waals surface area (Å²) in [5.74, 6) is 5.36. The van der Waals surface area contributed by atoms with E-state index < -0.39 is 0 Å². The summed E-state index contributed by atoms with van der Waals surface area (Å²) in [5, 5.41) is 0. The standard InChI is InChI=1S/C15H24/c1-3-5-7-9-11-13-15-14-12-10-8-6-4-2/h1-2H,5-15H2. The van der Waals surface area contributed by atoms with Crippen molar-refractivity contribution in [1.82, 2.24) is 0 Å². The molecular weight excluding hydrogens is 180 g/mol. The third-order valence-electron chi connectivity index (χ3n) is 2.64. The molecule has 0 saturated carbocycles. The van der Waals surface area contributed by atoms with Crippen molar-refractivity contribution in [1.29, 1.82) is 0 Å². The second-order valence-electron chi connectivity index (χ2n) is 4.09. The highest BCUT2D eigenvalue weighted by Gasteiger charge is 1.91. The molecule has 0 bridgehead atoms. The number of hydrogen-bond donors (Lipinski definition) is 0. The van der Waals surface area contributed by atoms with Crippen LogP contribution in [0.2, 0.25) is 0 Å². The van der Waals surface area contributed by atoms with Crippen molar-refractivity contribution in [3.8, 4) is 24.7 Å². The molecule has 0 spiro atoms. The Hall–Kier alpha value is -0.880. The minimum atomic E-state index is 0.950. The highest BCUT2D eigenvalue weighted by Crippen LogP contribution is 2.10. The van der Waals surface area contributed by atoms with Crippen LogP contribution in [-0.2, 0) is 0 Å². The Morgan fingerprint density at radius 2 is 0.733 bits per heavy atom. The van der Waals surface area contributed by atoms with Crippen LogP contribution in [0.4, 0.5) is 0 Å². The maximum Gasteiger partial charge on any atom is 0.00860 e. The van der Waals surface area contributed by atoms with E-state index >= 15 is 0 Å². The minimum absolute atomic E-state index is 0.950. The first-order valence-corrected chi connectivity index (χ1v) is 6.28. The van der Waals surface area contributed by atoms with Gasteiger partial charge in [-0.3, -0.25) is 0 Å². The van der Waals surface area contributed by atoms with E-state index in [2.05, 4.69) is 11.8 Å². The summed E-state index contributed by atoms with van der Waals surface area (Å²) >= 11 is 0. The summed E-state index contributed by atoms with van der Waals surface area (Å²) in [6.45, 7) is 0. The molecule has 0 aromatic rings. The molecule has 0 radical (unpaired) electrons. The van der Waals surface area contributed by atoms with Crippen molar-refractivity contribution in [2.75, 3.05) is 0 Å². The van der Waals surface area contributed by atoms with Crippen LogP contribution in [0.1, 0.15) is 70.6 Å². The lowest BCUT2D eigenvalue weighted by molar-refractivity contribution is 0.563. The second kappa shape index (κ2) is 13.1. The molecule has 0 N–H and O–H groups in total. The normalized spacial score (nSPS) is 9.47. The molecule has 0 rings (SSSR count). The predicted octanol–water partition coefficient (Wildman–Crippen LogP) is 4.54. The van der Waals surface area contributed by atoms with Gasteiger partial charge in [0.15, 0.2) is 0 Å². The summed E-state index contributed by atoms with van der Waals surface area (Å²) in [6, 6.07) is 0. The van der Waals surface area contributed by atoms with Crippen molar-refractivity contribution in [2.45, 2.75) is 70.6 Å². The van der Waals surface area contributed by atoms with Crippen LogP contribution in [0.15, 0.2) is 0 Å². The molecule has 84 valence electrons. The largest absolute Gasteiger partial charge is 0.120 e. The first kappa shape index (κ1) is 14.1. The van der Waals surface area contributed by atoms with E-state index in [-0.39, 0.29) is 0 Å². The smallest absolute Gasteiger partial charge is 0.00860 e. The van der Waals surface area contributed by atoms with E-state index in [4.69, 9.17) is 12.8 Å². The number of unbranched alkanes of at least 4 members (excludes halogenated alkanes) is 10. The zero-order chi connectivity index (χ0) is 11.2. The van der Waals surface area contributed by atoms with Crippen molar-refractivity contribution in [2.24, 2.45) is 0 Å². The number of hydrogen-bond acceptors (Lipinski definition) is 0. The summed E-state index contributed by atoms with van der Waals surface area (Å²) in [7, 11) is 0. The minimum Gasteiger partial charge on any atom is -0.120 e. The van der Waals surface area contributed by atoms with Gasteiger partial charge in [0.25, 0.3) is 0 Å². The van der Waals surface area contributed by atoms with Crippen LogP contribution in [0, 0.1) is 24.7 Å². The van der Waals surface area contributed by atoms with Crippen molar-refractivity contribution in [3.05, 3.63) is 0 Å². The molecule has 15 heavy (non-hydrogen) atoms. The third kappa shape index (κ3) is 13.1. The molecule has 0 saturated heterocycles. The quantitative estimate of drug-likeness (QED) is 0.362. The van der Waals surface area contributed by atoms with Gasteiger partial charge in [-0.2, -0.15) is 0 Å². The SMILES string of the molecule is C#CCCCCCCCCCCCC#C. The fourth-order valence-corrected chi connectivity index (χ4v) is 1.69. The van der Waals surface area contributed by atoms with Gasteiger partial charge in [0, 0.05) is 12.8 Å². The van der Waals surface area contributed by atoms with Crippen LogP contribution in [-0.4, -0.2) is 0 Å². The summed E-state index contributed by atoms with van der Waals surface area (Å²) in [5.41, 5.74) is 0. The molecular formula is C15H24. The van der Waals surface area contributed by atoms with E-state index in [1.807, 2.05) is 0 Å². The van der Waals surface area contributed by atoms with Crippen LogP contribution >= 0.6 is 0 Å². The summed E-state index contributed by atoms with van der Waals surface area (Å²) in [4.78, 5) is 0. The molecule has 0 nitrogen and oxygen atoms in total. The van der Waals surface area contributed by atoms with Gasteiger partial charge in [-0.15, -0.1) is 24.7 Å². The Bertz CT molecular complexity index is 167. The number of terminal acetylenes is 2. The molecule has 0 aromatic carbocycles. The van der Waals surface area contributed by atoms with Gasteiger partial charge in [-0.1, -0.05) is 44.9 Å². The van der Waals surface area contributed by atoms with Gasteiger partial charge in [0.1, 0.15) is 0 Å². The zero-order valence-electron chi connectivity index (χ0n) is 9.93. The fraction of sp³-hybridized carbons (Fsp3) is 0.733. The average molecular weight is 204 g/mol. The highest BCUT2D eigenvalue weighted by molar-refractivity contribution is 4.83. The topological polar surface area (TPSA) is 0 Å².